The Labute approximate surface area is 118 Å². The number of rotatable bonds is 4. The molecule has 0 amide bonds. The summed E-state index contributed by atoms with van der Waals surface area (Å²) in [4.78, 5) is 0.652. The topological polar surface area (TPSA) is 9.23 Å². The molecule has 0 N–H and O–H groups in total. The molecule has 2 aromatic rings. The van der Waals surface area contributed by atoms with Crippen LogP contribution in [0.1, 0.15) is 5.56 Å². The number of hydrogen-bond acceptors (Lipinski definition) is 2. The molecule has 0 saturated heterocycles. The maximum absolute atomic E-state index is 13.5. The molecule has 0 aliphatic carbocycles. The summed E-state index contributed by atoms with van der Waals surface area (Å²) >= 11 is 4.89. The highest BCUT2D eigenvalue weighted by atomic mass is 79.9. The van der Waals surface area contributed by atoms with Crippen molar-refractivity contribution in [1.82, 2.24) is 0 Å². The fourth-order valence-electron chi connectivity index (χ4n) is 1.58. The number of hydrogen-bond donors (Lipinski definition) is 0. The summed E-state index contributed by atoms with van der Waals surface area (Å²) in [6.45, 7) is 0. The second kappa shape index (κ2) is 6.25. The summed E-state index contributed by atoms with van der Waals surface area (Å²) in [5.41, 5.74) is 1.04. The van der Waals surface area contributed by atoms with E-state index in [2.05, 4.69) is 15.9 Å². The molecule has 94 valence electrons. The zero-order chi connectivity index (χ0) is 13.0. The van der Waals surface area contributed by atoms with Gasteiger partial charge in [0.1, 0.15) is 11.6 Å². The molecule has 0 fully saturated rings. The van der Waals surface area contributed by atoms with Crippen molar-refractivity contribution in [2.24, 2.45) is 0 Å². The Balaban J connectivity index is 2.15. The van der Waals surface area contributed by atoms with Crippen LogP contribution in [0.2, 0.25) is 0 Å². The Hall–Kier alpha value is -1.00. The van der Waals surface area contributed by atoms with Crippen molar-refractivity contribution in [2.75, 3.05) is 7.11 Å². The predicted molar refractivity (Wildman–Crippen MR) is 76.7 cm³/mol. The van der Waals surface area contributed by atoms with E-state index in [0.29, 0.717) is 10.6 Å². The summed E-state index contributed by atoms with van der Waals surface area (Å²) in [6.07, 6.45) is 0. The average Bonchev–Trinajstić information content (AvgIpc) is 2.38. The van der Waals surface area contributed by atoms with Gasteiger partial charge in [-0.2, -0.15) is 0 Å². The van der Waals surface area contributed by atoms with Crippen molar-refractivity contribution in [3.05, 3.63) is 58.3 Å². The van der Waals surface area contributed by atoms with Crippen molar-refractivity contribution < 1.29 is 9.13 Å². The SMILES string of the molecule is COc1ccc(Br)cc1CSc1ccccc1F. The van der Waals surface area contributed by atoms with E-state index in [4.69, 9.17) is 4.74 Å². The van der Waals surface area contributed by atoms with Gasteiger partial charge < -0.3 is 4.74 Å². The zero-order valence-corrected chi connectivity index (χ0v) is 12.2. The molecule has 0 unspecified atom stereocenters. The van der Waals surface area contributed by atoms with Crippen LogP contribution in [-0.4, -0.2) is 7.11 Å². The van der Waals surface area contributed by atoms with Gasteiger partial charge in [0.2, 0.25) is 0 Å². The lowest BCUT2D eigenvalue weighted by molar-refractivity contribution is 0.411. The first-order chi connectivity index (χ1) is 8.70. The van der Waals surface area contributed by atoms with Gasteiger partial charge in [-0.05, 0) is 30.3 Å². The summed E-state index contributed by atoms with van der Waals surface area (Å²) in [5.74, 6) is 1.31. The molecule has 0 spiro atoms. The molecule has 0 bridgehead atoms. The van der Waals surface area contributed by atoms with E-state index in [1.807, 2.05) is 24.3 Å². The van der Waals surface area contributed by atoms with Crippen LogP contribution in [-0.2, 0) is 5.75 Å². The first-order valence-corrected chi connectivity index (χ1v) is 7.18. The Kier molecular flexibility index (Phi) is 4.66. The molecule has 0 saturated carbocycles. The first kappa shape index (κ1) is 13.4. The molecule has 0 aliphatic heterocycles. The van der Waals surface area contributed by atoms with Gasteiger partial charge in [-0.15, -0.1) is 11.8 Å². The molecule has 4 heteroatoms. The lowest BCUT2D eigenvalue weighted by Crippen LogP contribution is -1.91. The van der Waals surface area contributed by atoms with Gasteiger partial charge in [0.25, 0.3) is 0 Å². The van der Waals surface area contributed by atoms with Crippen LogP contribution in [0.25, 0.3) is 0 Å². The largest absolute Gasteiger partial charge is 0.496 e. The number of thioether (sulfide) groups is 1. The van der Waals surface area contributed by atoms with E-state index in [1.54, 1.807) is 19.2 Å². The van der Waals surface area contributed by atoms with Gasteiger partial charge in [0, 0.05) is 20.7 Å². The van der Waals surface area contributed by atoms with E-state index in [1.165, 1.54) is 17.8 Å². The van der Waals surface area contributed by atoms with Gasteiger partial charge in [-0.25, -0.2) is 4.39 Å². The van der Waals surface area contributed by atoms with Crippen molar-refractivity contribution in [3.8, 4) is 5.75 Å². The van der Waals surface area contributed by atoms with Crippen molar-refractivity contribution in [1.29, 1.82) is 0 Å². The highest BCUT2D eigenvalue weighted by Gasteiger charge is 2.06. The normalized spacial score (nSPS) is 10.4. The quantitative estimate of drug-likeness (QED) is 0.740. The van der Waals surface area contributed by atoms with E-state index >= 15 is 0 Å². The summed E-state index contributed by atoms with van der Waals surface area (Å²) < 4.78 is 19.8. The van der Waals surface area contributed by atoms with Crippen LogP contribution in [0.3, 0.4) is 0 Å². The van der Waals surface area contributed by atoms with Crippen molar-refractivity contribution in [3.63, 3.8) is 0 Å². The van der Waals surface area contributed by atoms with Gasteiger partial charge in [0.05, 0.1) is 7.11 Å². The second-order valence-electron chi connectivity index (χ2n) is 3.68. The minimum atomic E-state index is -0.184. The third-order valence-corrected chi connectivity index (χ3v) is 4.05. The van der Waals surface area contributed by atoms with Gasteiger partial charge in [0.15, 0.2) is 0 Å². The third kappa shape index (κ3) is 3.27. The lowest BCUT2D eigenvalue weighted by atomic mass is 10.2. The monoisotopic (exact) mass is 326 g/mol. The molecular weight excluding hydrogens is 315 g/mol. The van der Waals surface area contributed by atoms with Crippen molar-refractivity contribution >= 4 is 27.7 Å². The zero-order valence-electron chi connectivity index (χ0n) is 9.82. The fraction of sp³-hybridized carbons (Fsp3) is 0.143. The summed E-state index contributed by atoms with van der Waals surface area (Å²) in [7, 11) is 1.64. The first-order valence-electron chi connectivity index (χ1n) is 5.40. The van der Waals surface area contributed by atoms with E-state index in [-0.39, 0.29) is 5.82 Å². The third-order valence-electron chi connectivity index (χ3n) is 2.46. The fourth-order valence-corrected chi connectivity index (χ4v) is 2.90. The molecule has 0 aliphatic rings. The molecular formula is C14H12BrFOS. The Morgan fingerprint density at radius 1 is 1.22 bits per heavy atom. The summed E-state index contributed by atoms with van der Waals surface area (Å²) in [6, 6.07) is 12.6. The molecule has 0 atom stereocenters. The van der Waals surface area contributed by atoms with Crippen LogP contribution < -0.4 is 4.74 Å². The standard InChI is InChI=1S/C14H12BrFOS/c1-17-13-7-6-11(15)8-10(13)9-18-14-5-3-2-4-12(14)16/h2-8H,9H2,1H3. The van der Waals surface area contributed by atoms with Crippen molar-refractivity contribution in [2.45, 2.75) is 10.6 Å². The molecule has 0 aromatic heterocycles. The van der Waals surface area contributed by atoms with Crippen LogP contribution in [0.5, 0.6) is 5.75 Å². The van der Waals surface area contributed by atoms with Crippen LogP contribution in [0.4, 0.5) is 4.39 Å². The molecule has 0 heterocycles. The molecule has 0 radical (unpaired) electrons. The van der Waals surface area contributed by atoms with Gasteiger partial charge >= 0.3 is 0 Å². The van der Waals surface area contributed by atoms with Crippen LogP contribution >= 0.6 is 27.7 Å². The maximum Gasteiger partial charge on any atom is 0.136 e. The maximum atomic E-state index is 13.5. The molecule has 2 rings (SSSR count). The van der Waals surface area contributed by atoms with Gasteiger partial charge in [-0.3, -0.25) is 0 Å². The number of benzene rings is 2. The Bertz CT molecular complexity index is 545. The number of methoxy groups -OCH3 is 1. The second-order valence-corrected chi connectivity index (χ2v) is 5.61. The highest BCUT2D eigenvalue weighted by Crippen LogP contribution is 2.31. The molecule has 2 aromatic carbocycles. The smallest absolute Gasteiger partial charge is 0.136 e. The minimum Gasteiger partial charge on any atom is -0.496 e. The van der Waals surface area contributed by atoms with Crippen LogP contribution in [0.15, 0.2) is 51.8 Å². The van der Waals surface area contributed by atoms with Gasteiger partial charge in [-0.1, -0.05) is 28.1 Å². The van der Waals surface area contributed by atoms with E-state index in [9.17, 15) is 4.39 Å². The van der Waals surface area contributed by atoms with E-state index in [0.717, 1.165) is 15.8 Å². The Morgan fingerprint density at radius 3 is 2.72 bits per heavy atom. The lowest BCUT2D eigenvalue weighted by Gasteiger charge is -2.09. The van der Waals surface area contributed by atoms with Crippen LogP contribution in [0, 0.1) is 5.82 Å². The number of halogens is 2. The minimum absolute atomic E-state index is 0.184. The summed E-state index contributed by atoms with van der Waals surface area (Å²) in [5, 5.41) is 0. The molecule has 18 heavy (non-hydrogen) atoms. The predicted octanol–water partition coefficient (Wildman–Crippen LogP) is 4.89. The highest BCUT2D eigenvalue weighted by molar-refractivity contribution is 9.10. The van der Waals surface area contributed by atoms with E-state index < -0.39 is 0 Å². The number of ether oxygens (including phenoxy) is 1. The molecule has 1 nitrogen and oxygen atoms in total. The average molecular weight is 327 g/mol. The Morgan fingerprint density at radius 2 is 2.00 bits per heavy atom.